The molecule has 0 aliphatic heterocycles. The summed E-state index contributed by atoms with van der Waals surface area (Å²) in [6, 6.07) is 6.64. The van der Waals surface area contributed by atoms with Crippen LogP contribution in [0.15, 0.2) is 34.9 Å². The van der Waals surface area contributed by atoms with Gasteiger partial charge in [-0.15, -0.1) is 0 Å². The smallest absolute Gasteiger partial charge is 0.165 e. The van der Waals surface area contributed by atoms with Gasteiger partial charge in [-0.3, -0.25) is 4.79 Å². The van der Waals surface area contributed by atoms with E-state index in [1.165, 1.54) is 6.07 Å². The van der Waals surface area contributed by atoms with E-state index in [0.29, 0.717) is 12.1 Å². The zero-order chi connectivity index (χ0) is 14.5. The van der Waals surface area contributed by atoms with Crippen LogP contribution in [0.4, 0.5) is 4.39 Å². The van der Waals surface area contributed by atoms with Crippen molar-refractivity contribution >= 4 is 21.7 Å². The van der Waals surface area contributed by atoms with Crippen molar-refractivity contribution in [3.8, 4) is 5.69 Å². The molecule has 1 aromatic carbocycles. The lowest BCUT2D eigenvalue weighted by atomic mass is 9.76. The number of hydrogen-bond acceptors (Lipinski definition) is 1. The van der Waals surface area contributed by atoms with Crippen molar-refractivity contribution in [1.82, 2.24) is 4.57 Å². The molecular weight excluding hydrogens is 321 g/mol. The Morgan fingerprint density at radius 2 is 2.00 bits per heavy atom. The number of hydrogen-bond donors (Lipinski definition) is 0. The second kappa shape index (κ2) is 4.55. The number of fused-ring (bicyclic) bond motifs is 1. The molecule has 0 spiro atoms. The van der Waals surface area contributed by atoms with E-state index in [1.807, 2.05) is 0 Å². The Morgan fingerprint density at radius 3 is 2.75 bits per heavy atom. The van der Waals surface area contributed by atoms with Gasteiger partial charge in [0.05, 0.1) is 5.69 Å². The number of Topliss-reactive ketones (excluding diaryl/α,β-unsaturated/α-hetero) is 1. The maximum absolute atomic E-state index is 14.1. The van der Waals surface area contributed by atoms with Crippen molar-refractivity contribution in [1.29, 1.82) is 0 Å². The first-order valence-corrected chi connectivity index (χ1v) is 7.35. The van der Waals surface area contributed by atoms with Gasteiger partial charge in [0.1, 0.15) is 5.82 Å². The zero-order valence-electron chi connectivity index (χ0n) is 11.4. The van der Waals surface area contributed by atoms with Gasteiger partial charge in [0.2, 0.25) is 0 Å². The molecule has 2 nitrogen and oxygen atoms in total. The normalized spacial score (nSPS) is 17.1. The summed E-state index contributed by atoms with van der Waals surface area (Å²) in [5, 5.41) is 0. The van der Waals surface area contributed by atoms with Crippen LogP contribution >= 0.6 is 15.9 Å². The summed E-state index contributed by atoms with van der Waals surface area (Å²) in [7, 11) is 0. The average Bonchev–Trinajstić information content (AvgIpc) is 2.74. The van der Waals surface area contributed by atoms with Crippen molar-refractivity contribution in [2.75, 3.05) is 0 Å². The third-order valence-electron chi connectivity index (χ3n) is 3.75. The van der Waals surface area contributed by atoms with E-state index in [2.05, 4.69) is 29.8 Å². The van der Waals surface area contributed by atoms with Gasteiger partial charge in [-0.25, -0.2) is 4.39 Å². The van der Waals surface area contributed by atoms with E-state index in [1.54, 1.807) is 29.0 Å². The molecule has 0 bridgehead atoms. The second-order valence-electron chi connectivity index (χ2n) is 6.08. The fourth-order valence-electron chi connectivity index (χ4n) is 2.84. The molecule has 3 rings (SSSR count). The van der Waals surface area contributed by atoms with Crippen LogP contribution < -0.4 is 0 Å². The topological polar surface area (TPSA) is 22.0 Å². The molecule has 0 amide bonds. The Labute approximate surface area is 125 Å². The van der Waals surface area contributed by atoms with Crippen LogP contribution in [0.2, 0.25) is 0 Å². The maximum atomic E-state index is 14.1. The summed E-state index contributed by atoms with van der Waals surface area (Å²) in [5.41, 5.74) is 2.03. The van der Waals surface area contributed by atoms with Crippen molar-refractivity contribution in [3.05, 3.63) is 52.0 Å². The zero-order valence-corrected chi connectivity index (χ0v) is 13.0. The van der Waals surface area contributed by atoms with Crippen LogP contribution in [0.5, 0.6) is 0 Å². The Bertz CT molecular complexity index is 702. The van der Waals surface area contributed by atoms with Gasteiger partial charge in [-0.1, -0.05) is 29.8 Å². The predicted octanol–water partition coefficient (Wildman–Crippen LogP) is 4.53. The lowest BCUT2D eigenvalue weighted by Gasteiger charge is -2.29. The highest BCUT2D eigenvalue weighted by Crippen LogP contribution is 2.36. The Morgan fingerprint density at radius 1 is 1.25 bits per heavy atom. The van der Waals surface area contributed by atoms with Crippen LogP contribution in [0.25, 0.3) is 5.69 Å². The van der Waals surface area contributed by atoms with Crippen LogP contribution in [-0.4, -0.2) is 10.4 Å². The van der Waals surface area contributed by atoms with Gasteiger partial charge in [0.15, 0.2) is 5.78 Å². The highest BCUT2D eigenvalue weighted by Gasteiger charge is 2.33. The molecule has 0 atom stereocenters. The Hall–Kier alpha value is -1.42. The monoisotopic (exact) mass is 335 g/mol. The van der Waals surface area contributed by atoms with E-state index < -0.39 is 0 Å². The molecule has 0 fully saturated rings. The molecule has 4 heteroatoms. The number of benzene rings is 1. The minimum Gasteiger partial charge on any atom is -0.317 e. The number of aromatic nitrogens is 1. The molecule has 1 aromatic heterocycles. The maximum Gasteiger partial charge on any atom is 0.165 e. The van der Waals surface area contributed by atoms with Crippen molar-refractivity contribution < 1.29 is 9.18 Å². The van der Waals surface area contributed by atoms with Crippen molar-refractivity contribution in [3.63, 3.8) is 0 Å². The highest BCUT2D eigenvalue weighted by molar-refractivity contribution is 9.10. The van der Waals surface area contributed by atoms with E-state index in [-0.39, 0.29) is 17.0 Å². The molecule has 1 heterocycles. The third kappa shape index (κ3) is 2.22. The molecule has 1 aliphatic carbocycles. The summed E-state index contributed by atoms with van der Waals surface area (Å²) in [4.78, 5) is 12.2. The summed E-state index contributed by atoms with van der Waals surface area (Å²) in [6.45, 7) is 4.14. The molecule has 0 saturated heterocycles. The van der Waals surface area contributed by atoms with Gasteiger partial charge in [-0.05, 0) is 36.1 Å². The number of nitrogens with zero attached hydrogens (tertiary/aromatic N) is 1. The lowest BCUT2D eigenvalue weighted by molar-refractivity contribution is 0.0911. The Kier molecular flexibility index (Phi) is 3.09. The van der Waals surface area contributed by atoms with Gasteiger partial charge in [0.25, 0.3) is 0 Å². The summed E-state index contributed by atoms with van der Waals surface area (Å²) in [5.74, 6) is -0.146. The number of rotatable bonds is 1. The quantitative estimate of drug-likeness (QED) is 0.750. The van der Waals surface area contributed by atoms with Crippen LogP contribution in [0.3, 0.4) is 0 Å². The van der Waals surface area contributed by atoms with E-state index >= 15 is 0 Å². The van der Waals surface area contributed by atoms with Gasteiger partial charge < -0.3 is 4.57 Å². The molecule has 20 heavy (non-hydrogen) atoms. The van der Waals surface area contributed by atoms with Gasteiger partial charge in [-0.2, -0.15) is 0 Å². The van der Waals surface area contributed by atoms with Crippen LogP contribution in [-0.2, 0) is 6.42 Å². The van der Waals surface area contributed by atoms with Crippen molar-refractivity contribution in [2.24, 2.45) is 5.41 Å². The predicted molar refractivity (Wildman–Crippen MR) is 79.9 cm³/mol. The van der Waals surface area contributed by atoms with E-state index in [9.17, 15) is 9.18 Å². The SMILES string of the molecule is CC1(C)CC(=O)c2ccn(-c3cc(Br)ccc3F)c2C1. The summed E-state index contributed by atoms with van der Waals surface area (Å²) < 4.78 is 16.7. The first-order valence-electron chi connectivity index (χ1n) is 6.56. The number of carbonyl (C=O) groups is 1. The molecular formula is C16H15BrFNO. The van der Waals surface area contributed by atoms with E-state index in [4.69, 9.17) is 0 Å². The molecule has 1 aliphatic rings. The van der Waals surface area contributed by atoms with Crippen molar-refractivity contribution in [2.45, 2.75) is 26.7 Å². The summed E-state index contributed by atoms with van der Waals surface area (Å²) in [6.07, 6.45) is 3.10. The summed E-state index contributed by atoms with van der Waals surface area (Å²) >= 11 is 3.37. The van der Waals surface area contributed by atoms with E-state index in [0.717, 1.165) is 22.2 Å². The fraction of sp³-hybridized carbons (Fsp3) is 0.312. The van der Waals surface area contributed by atoms with Gasteiger partial charge in [0, 0.05) is 28.3 Å². The molecule has 104 valence electrons. The molecule has 0 radical (unpaired) electrons. The fourth-order valence-corrected chi connectivity index (χ4v) is 3.19. The second-order valence-corrected chi connectivity index (χ2v) is 7.00. The molecule has 2 aromatic rings. The lowest BCUT2D eigenvalue weighted by Crippen LogP contribution is -2.27. The standard InChI is InChI=1S/C16H15BrFNO/c1-16(2)8-14-11(15(20)9-16)5-6-19(14)13-7-10(17)3-4-12(13)18/h3-7H,8-9H2,1-2H3. The Balaban J connectivity index is 2.18. The largest absolute Gasteiger partial charge is 0.317 e. The first-order chi connectivity index (χ1) is 9.37. The molecule has 0 N–H and O–H groups in total. The minimum absolute atomic E-state index is 0.0807. The molecule has 0 unspecified atom stereocenters. The average molecular weight is 336 g/mol. The molecule has 0 saturated carbocycles. The van der Waals surface area contributed by atoms with Crippen LogP contribution in [0.1, 0.15) is 36.3 Å². The van der Waals surface area contributed by atoms with Gasteiger partial charge >= 0.3 is 0 Å². The van der Waals surface area contributed by atoms with Crippen LogP contribution in [0, 0.1) is 11.2 Å². The first kappa shape index (κ1) is 13.6. The number of ketones is 1. The third-order valence-corrected chi connectivity index (χ3v) is 4.24. The minimum atomic E-state index is -0.289. The number of carbonyl (C=O) groups excluding carboxylic acids is 1. The highest BCUT2D eigenvalue weighted by atomic mass is 79.9. The number of halogens is 2.